The molecule has 1 amide bonds. The van der Waals surface area contributed by atoms with Gasteiger partial charge in [0.2, 0.25) is 5.91 Å². The van der Waals surface area contributed by atoms with Crippen molar-refractivity contribution in [2.75, 3.05) is 27.9 Å². The second-order valence-corrected chi connectivity index (χ2v) is 7.68. The van der Waals surface area contributed by atoms with Gasteiger partial charge in [-0.05, 0) is 31.7 Å². The first-order valence-electron chi connectivity index (χ1n) is 10.2. The van der Waals surface area contributed by atoms with Gasteiger partial charge in [-0.2, -0.15) is 0 Å². The SMILES string of the molecule is COc1cc(OC)c(CCNC(=O)C2(c3cccc(C)c3)CCCC2)c(OC)c1. The van der Waals surface area contributed by atoms with Gasteiger partial charge < -0.3 is 19.5 Å². The number of hydrogen-bond acceptors (Lipinski definition) is 4. The molecule has 156 valence electrons. The van der Waals surface area contributed by atoms with Gasteiger partial charge in [-0.15, -0.1) is 0 Å². The fraction of sp³-hybridized carbons (Fsp3) is 0.458. The van der Waals surface area contributed by atoms with E-state index in [1.165, 1.54) is 5.56 Å². The topological polar surface area (TPSA) is 56.8 Å². The molecule has 29 heavy (non-hydrogen) atoms. The molecule has 0 radical (unpaired) electrons. The summed E-state index contributed by atoms with van der Waals surface area (Å²) < 4.78 is 16.3. The number of carbonyl (C=O) groups excluding carboxylic acids is 1. The second kappa shape index (κ2) is 9.21. The van der Waals surface area contributed by atoms with Crippen LogP contribution < -0.4 is 19.5 Å². The van der Waals surface area contributed by atoms with E-state index < -0.39 is 5.41 Å². The summed E-state index contributed by atoms with van der Waals surface area (Å²) in [6, 6.07) is 12.0. The van der Waals surface area contributed by atoms with Crippen LogP contribution in [0.2, 0.25) is 0 Å². The Morgan fingerprint density at radius 3 is 2.21 bits per heavy atom. The van der Waals surface area contributed by atoms with Crippen molar-refractivity contribution in [2.24, 2.45) is 0 Å². The van der Waals surface area contributed by atoms with E-state index in [0.29, 0.717) is 30.2 Å². The minimum atomic E-state index is -0.417. The number of methoxy groups -OCH3 is 3. The van der Waals surface area contributed by atoms with Crippen LogP contribution in [0.1, 0.15) is 42.4 Å². The summed E-state index contributed by atoms with van der Waals surface area (Å²) in [4.78, 5) is 13.3. The van der Waals surface area contributed by atoms with E-state index in [9.17, 15) is 4.79 Å². The predicted octanol–water partition coefficient (Wildman–Crippen LogP) is 4.19. The summed E-state index contributed by atoms with van der Waals surface area (Å²) in [5.41, 5.74) is 2.83. The molecule has 2 aromatic rings. The molecule has 0 aliphatic heterocycles. The summed E-state index contributed by atoms with van der Waals surface area (Å²) >= 11 is 0. The van der Waals surface area contributed by atoms with Crippen molar-refractivity contribution in [2.45, 2.75) is 44.4 Å². The Hall–Kier alpha value is -2.69. The third-order valence-electron chi connectivity index (χ3n) is 5.94. The lowest BCUT2D eigenvalue weighted by atomic mass is 9.77. The number of aryl methyl sites for hydroxylation is 1. The second-order valence-electron chi connectivity index (χ2n) is 7.68. The minimum absolute atomic E-state index is 0.118. The summed E-state index contributed by atoms with van der Waals surface area (Å²) in [6.45, 7) is 2.59. The zero-order chi connectivity index (χ0) is 20.9. The number of rotatable bonds is 8. The van der Waals surface area contributed by atoms with E-state index >= 15 is 0 Å². The zero-order valence-electron chi connectivity index (χ0n) is 17.8. The molecule has 1 saturated carbocycles. The number of amides is 1. The van der Waals surface area contributed by atoms with Gasteiger partial charge in [0.05, 0.1) is 26.7 Å². The molecule has 1 aliphatic carbocycles. The van der Waals surface area contributed by atoms with Crippen LogP contribution in [0.3, 0.4) is 0 Å². The normalized spacial score (nSPS) is 15.0. The van der Waals surface area contributed by atoms with E-state index in [4.69, 9.17) is 14.2 Å². The van der Waals surface area contributed by atoms with E-state index in [0.717, 1.165) is 36.8 Å². The first kappa shape index (κ1) is 21.0. The fourth-order valence-corrected chi connectivity index (χ4v) is 4.36. The monoisotopic (exact) mass is 397 g/mol. The van der Waals surface area contributed by atoms with Gasteiger partial charge in [0.15, 0.2) is 0 Å². The Bertz CT molecular complexity index is 831. The van der Waals surface area contributed by atoms with Crippen LogP contribution in [0, 0.1) is 6.92 Å². The van der Waals surface area contributed by atoms with Gasteiger partial charge in [0.25, 0.3) is 0 Å². The van der Waals surface area contributed by atoms with Crippen molar-refractivity contribution in [3.05, 3.63) is 53.1 Å². The molecule has 0 spiro atoms. The quantitative estimate of drug-likeness (QED) is 0.726. The van der Waals surface area contributed by atoms with E-state index in [2.05, 4.69) is 30.4 Å². The summed E-state index contributed by atoms with van der Waals surface area (Å²) in [7, 11) is 4.86. The van der Waals surface area contributed by atoms with Crippen molar-refractivity contribution in [1.29, 1.82) is 0 Å². The lowest BCUT2D eigenvalue weighted by molar-refractivity contribution is -0.126. The Kier molecular flexibility index (Phi) is 6.68. The maximum Gasteiger partial charge on any atom is 0.230 e. The van der Waals surface area contributed by atoms with Crippen LogP contribution >= 0.6 is 0 Å². The van der Waals surface area contributed by atoms with Crippen LogP contribution in [0.15, 0.2) is 36.4 Å². The molecular formula is C24H31NO4. The smallest absolute Gasteiger partial charge is 0.230 e. The highest BCUT2D eigenvalue weighted by molar-refractivity contribution is 5.88. The molecule has 1 aliphatic rings. The zero-order valence-corrected chi connectivity index (χ0v) is 17.8. The predicted molar refractivity (Wildman–Crippen MR) is 114 cm³/mol. The van der Waals surface area contributed by atoms with Gasteiger partial charge in [-0.3, -0.25) is 4.79 Å². The number of nitrogens with one attached hydrogen (secondary N) is 1. The van der Waals surface area contributed by atoms with E-state index in [1.54, 1.807) is 21.3 Å². The number of hydrogen-bond donors (Lipinski definition) is 1. The van der Waals surface area contributed by atoms with E-state index in [-0.39, 0.29) is 5.91 Å². The summed E-state index contributed by atoms with van der Waals surface area (Å²) in [6.07, 6.45) is 4.59. The highest BCUT2D eigenvalue weighted by atomic mass is 16.5. The molecule has 1 fully saturated rings. The van der Waals surface area contributed by atoms with Crippen LogP contribution in [0.25, 0.3) is 0 Å². The molecule has 0 atom stereocenters. The molecule has 0 bridgehead atoms. The standard InChI is InChI=1S/C24H31NO4/c1-17-8-7-9-18(14-17)24(11-5-6-12-24)23(26)25-13-10-20-21(28-3)15-19(27-2)16-22(20)29-4/h7-9,14-16H,5-6,10-13H2,1-4H3,(H,25,26). The highest BCUT2D eigenvalue weighted by Gasteiger charge is 2.42. The first-order chi connectivity index (χ1) is 14.0. The molecular weight excluding hydrogens is 366 g/mol. The van der Waals surface area contributed by atoms with Gasteiger partial charge in [0.1, 0.15) is 17.2 Å². The third-order valence-corrected chi connectivity index (χ3v) is 5.94. The molecule has 3 rings (SSSR count). The Morgan fingerprint density at radius 2 is 1.66 bits per heavy atom. The summed E-state index contributed by atoms with van der Waals surface area (Å²) in [5, 5.41) is 3.18. The fourth-order valence-electron chi connectivity index (χ4n) is 4.36. The van der Waals surface area contributed by atoms with Gasteiger partial charge in [-0.25, -0.2) is 0 Å². The molecule has 5 heteroatoms. The lowest BCUT2D eigenvalue weighted by Gasteiger charge is -2.29. The lowest BCUT2D eigenvalue weighted by Crippen LogP contribution is -2.43. The van der Waals surface area contributed by atoms with Crippen molar-refractivity contribution < 1.29 is 19.0 Å². The Morgan fingerprint density at radius 1 is 1.00 bits per heavy atom. The average Bonchev–Trinajstić information content (AvgIpc) is 3.24. The minimum Gasteiger partial charge on any atom is -0.496 e. The number of ether oxygens (including phenoxy) is 3. The maximum absolute atomic E-state index is 13.3. The molecule has 2 aromatic carbocycles. The van der Waals surface area contributed by atoms with Crippen molar-refractivity contribution in [3.8, 4) is 17.2 Å². The van der Waals surface area contributed by atoms with Gasteiger partial charge in [0, 0.05) is 24.2 Å². The highest BCUT2D eigenvalue weighted by Crippen LogP contribution is 2.41. The maximum atomic E-state index is 13.3. The Balaban J connectivity index is 1.75. The van der Waals surface area contributed by atoms with Crippen molar-refractivity contribution in [1.82, 2.24) is 5.32 Å². The van der Waals surface area contributed by atoms with Gasteiger partial charge >= 0.3 is 0 Å². The number of benzene rings is 2. The van der Waals surface area contributed by atoms with Crippen LogP contribution in [-0.4, -0.2) is 33.8 Å². The Labute approximate surface area is 173 Å². The molecule has 1 N–H and O–H groups in total. The van der Waals surface area contributed by atoms with Crippen LogP contribution in [-0.2, 0) is 16.6 Å². The molecule has 0 unspecified atom stereocenters. The number of carbonyl (C=O) groups is 1. The molecule has 5 nitrogen and oxygen atoms in total. The van der Waals surface area contributed by atoms with Crippen LogP contribution in [0.5, 0.6) is 17.2 Å². The molecule has 0 heterocycles. The molecule has 0 aromatic heterocycles. The van der Waals surface area contributed by atoms with Crippen LogP contribution in [0.4, 0.5) is 0 Å². The van der Waals surface area contributed by atoms with Crippen molar-refractivity contribution >= 4 is 5.91 Å². The molecule has 0 saturated heterocycles. The largest absolute Gasteiger partial charge is 0.496 e. The van der Waals surface area contributed by atoms with E-state index in [1.807, 2.05) is 18.2 Å². The first-order valence-corrected chi connectivity index (χ1v) is 10.2. The third kappa shape index (κ3) is 4.34. The van der Waals surface area contributed by atoms with Gasteiger partial charge in [-0.1, -0.05) is 42.7 Å². The summed E-state index contributed by atoms with van der Waals surface area (Å²) in [5.74, 6) is 2.19. The average molecular weight is 398 g/mol. The van der Waals surface area contributed by atoms with Crippen molar-refractivity contribution in [3.63, 3.8) is 0 Å².